The zero-order chi connectivity index (χ0) is 13.0. The van der Waals surface area contributed by atoms with Crippen LogP contribution in [0.15, 0.2) is 48.5 Å². The van der Waals surface area contributed by atoms with Crippen molar-refractivity contribution < 1.29 is 5.11 Å². The van der Waals surface area contributed by atoms with Crippen LogP contribution in [0, 0.1) is 0 Å². The van der Waals surface area contributed by atoms with E-state index in [0.717, 1.165) is 21.8 Å². The molecule has 18 heavy (non-hydrogen) atoms. The van der Waals surface area contributed by atoms with Gasteiger partial charge >= 0.3 is 0 Å². The van der Waals surface area contributed by atoms with Crippen LogP contribution in [0.3, 0.4) is 0 Å². The van der Waals surface area contributed by atoms with E-state index >= 15 is 0 Å². The monoisotopic (exact) mass is 261 g/mol. The van der Waals surface area contributed by atoms with Crippen molar-refractivity contribution in [3.8, 4) is 0 Å². The van der Waals surface area contributed by atoms with Crippen molar-refractivity contribution in [1.29, 1.82) is 0 Å². The molecule has 0 bridgehead atoms. The number of benzene rings is 2. The molecule has 2 nitrogen and oxygen atoms in total. The molecule has 0 aliphatic carbocycles. The van der Waals surface area contributed by atoms with Crippen molar-refractivity contribution in [2.24, 2.45) is 0 Å². The first-order chi connectivity index (χ1) is 8.70. The molecule has 0 saturated carbocycles. The van der Waals surface area contributed by atoms with Crippen LogP contribution in [0.4, 0.5) is 5.69 Å². The highest BCUT2D eigenvalue weighted by atomic mass is 35.5. The second kappa shape index (κ2) is 5.89. The molecule has 0 spiro atoms. The van der Waals surface area contributed by atoms with E-state index in [9.17, 15) is 0 Å². The van der Waals surface area contributed by atoms with Crippen LogP contribution < -0.4 is 5.32 Å². The summed E-state index contributed by atoms with van der Waals surface area (Å²) in [5.74, 6) is 0. The van der Waals surface area contributed by atoms with Gasteiger partial charge in [-0.15, -0.1) is 0 Å². The maximum absolute atomic E-state index is 8.99. The molecule has 1 unspecified atom stereocenters. The van der Waals surface area contributed by atoms with Crippen LogP contribution in [0.25, 0.3) is 0 Å². The Morgan fingerprint density at radius 2 is 1.78 bits per heavy atom. The van der Waals surface area contributed by atoms with Crippen molar-refractivity contribution in [2.45, 2.75) is 19.6 Å². The maximum atomic E-state index is 8.99. The van der Waals surface area contributed by atoms with Gasteiger partial charge in [0.25, 0.3) is 0 Å². The Morgan fingerprint density at radius 1 is 1.11 bits per heavy atom. The molecule has 1 atom stereocenters. The normalized spacial score (nSPS) is 12.2. The molecule has 2 aromatic rings. The van der Waals surface area contributed by atoms with E-state index in [1.807, 2.05) is 48.5 Å². The van der Waals surface area contributed by atoms with Crippen LogP contribution >= 0.6 is 11.6 Å². The summed E-state index contributed by atoms with van der Waals surface area (Å²) in [4.78, 5) is 0. The van der Waals surface area contributed by atoms with Crippen molar-refractivity contribution in [1.82, 2.24) is 0 Å². The zero-order valence-electron chi connectivity index (χ0n) is 10.2. The molecule has 0 saturated heterocycles. The highest BCUT2D eigenvalue weighted by Gasteiger charge is 2.08. The van der Waals surface area contributed by atoms with Crippen molar-refractivity contribution in [3.63, 3.8) is 0 Å². The fourth-order valence-electron chi connectivity index (χ4n) is 1.86. The number of aliphatic hydroxyl groups is 1. The van der Waals surface area contributed by atoms with E-state index in [-0.39, 0.29) is 12.6 Å². The fourth-order valence-corrected chi connectivity index (χ4v) is 2.16. The van der Waals surface area contributed by atoms with Gasteiger partial charge in [-0.05, 0) is 36.2 Å². The smallest absolute Gasteiger partial charge is 0.0681 e. The summed E-state index contributed by atoms with van der Waals surface area (Å²) < 4.78 is 0. The summed E-state index contributed by atoms with van der Waals surface area (Å²) in [7, 11) is 0. The van der Waals surface area contributed by atoms with Crippen molar-refractivity contribution in [2.75, 3.05) is 5.32 Å². The minimum absolute atomic E-state index is 0.0698. The minimum atomic E-state index is 0.0698. The van der Waals surface area contributed by atoms with E-state index in [1.165, 1.54) is 0 Å². The van der Waals surface area contributed by atoms with E-state index < -0.39 is 0 Å². The summed E-state index contributed by atoms with van der Waals surface area (Å²) >= 11 is 6.16. The van der Waals surface area contributed by atoms with E-state index in [2.05, 4.69) is 12.2 Å². The molecule has 3 heteroatoms. The Hall–Kier alpha value is -1.51. The zero-order valence-corrected chi connectivity index (χ0v) is 11.0. The lowest BCUT2D eigenvalue weighted by atomic mass is 10.1. The molecule has 0 fully saturated rings. The number of hydrogen-bond donors (Lipinski definition) is 2. The van der Waals surface area contributed by atoms with Gasteiger partial charge in [-0.3, -0.25) is 0 Å². The van der Waals surface area contributed by atoms with Crippen LogP contribution in [-0.2, 0) is 6.61 Å². The summed E-state index contributed by atoms with van der Waals surface area (Å²) in [6.45, 7) is 2.14. The topological polar surface area (TPSA) is 32.3 Å². The van der Waals surface area contributed by atoms with Crippen molar-refractivity contribution >= 4 is 17.3 Å². The summed E-state index contributed by atoms with van der Waals surface area (Å²) in [6.07, 6.45) is 0. The van der Waals surface area contributed by atoms with Gasteiger partial charge in [-0.1, -0.05) is 41.9 Å². The van der Waals surface area contributed by atoms with Gasteiger partial charge in [0.1, 0.15) is 0 Å². The standard InChI is InChI=1S/C15H16ClNO/c1-11(14-4-2-3-5-15(14)16)17-13-8-6-12(10-18)7-9-13/h2-9,11,17-18H,10H2,1H3. The van der Waals surface area contributed by atoms with E-state index in [4.69, 9.17) is 16.7 Å². The molecule has 0 radical (unpaired) electrons. The first kappa shape index (κ1) is 12.9. The second-order valence-electron chi connectivity index (χ2n) is 4.24. The van der Waals surface area contributed by atoms with Gasteiger partial charge in [0.05, 0.1) is 6.61 Å². The van der Waals surface area contributed by atoms with Crippen LogP contribution in [0.1, 0.15) is 24.1 Å². The predicted octanol–water partition coefficient (Wildman–Crippen LogP) is 4.01. The molecule has 0 heterocycles. The number of aliphatic hydroxyl groups excluding tert-OH is 1. The molecule has 0 aliphatic heterocycles. The molecule has 0 aliphatic rings. The first-order valence-electron chi connectivity index (χ1n) is 5.91. The predicted molar refractivity (Wildman–Crippen MR) is 75.9 cm³/mol. The van der Waals surface area contributed by atoms with Gasteiger partial charge in [0.15, 0.2) is 0 Å². The lowest BCUT2D eigenvalue weighted by Gasteiger charge is -2.17. The third kappa shape index (κ3) is 3.03. The Balaban J connectivity index is 2.11. The Kier molecular flexibility index (Phi) is 4.24. The highest BCUT2D eigenvalue weighted by molar-refractivity contribution is 6.31. The molecule has 0 amide bonds. The lowest BCUT2D eigenvalue weighted by Crippen LogP contribution is -2.07. The van der Waals surface area contributed by atoms with Crippen LogP contribution in [-0.4, -0.2) is 5.11 Å². The SMILES string of the molecule is CC(Nc1ccc(CO)cc1)c1ccccc1Cl. The minimum Gasteiger partial charge on any atom is -0.392 e. The molecule has 2 rings (SSSR count). The molecular formula is C15H16ClNO. The average Bonchev–Trinajstić information content (AvgIpc) is 2.40. The number of anilines is 1. The number of nitrogens with one attached hydrogen (secondary N) is 1. The molecule has 2 aromatic carbocycles. The lowest BCUT2D eigenvalue weighted by molar-refractivity contribution is 0.282. The molecule has 94 valence electrons. The number of halogens is 1. The summed E-state index contributed by atoms with van der Waals surface area (Å²) in [6, 6.07) is 15.7. The van der Waals surface area contributed by atoms with Gasteiger partial charge < -0.3 is 10.4 Å². The largest absolute Gasteiger partial charge is 0.392 e. The van der Waals surface area contributed by atoms with Gasteiger partial charge in [0.2, 0.25) is 0 Å². The average molecular weight is 262 g/mol. The van der Waals surface area contributed by atoms with Crippen LogP contribution in [0.2, 0.25) is 5.02 Å². The van der Waals surface area contributed by atoms with Gasteiger partial charge in [0, 0.05) is 16.8 Å². The van der Waals surface area contributed by atoms with Crippen LogP contribution in [0.5, 0.6) is 0 Å². The van der Waals surface area contributed by atoms with Crippen molar-refractivity contribution in [3.05, 3.63) is 64.7 Å². The molecule has 0 aromatic heterocycles. The second-order valence-corrected chi connectivity index (χ2v) is 4.65. The maximum Gasteiger partial charge on any atom is 0.0681 e. The van der Waals surface area contributed by atoms with E-state index in [1.54, 1.807) is 0 Å². The number of hydrogen-bond acceptors (Lipinski definition) is 2. The first-order valence-corrected chi connectivity index (χ1v) is 6.29. The van der Waals surface area contributed by atoms with Gasteiger partial charge in [-0.25, -0.2) is 0 Å². The highest BCUT2D eigenvalue weighted by Crippen LogP contribution is 2.25. The third-order valence-corrected chi connectivity index (χ3v) is 3.24. The Morgan fingerprint density at radius 3 is 2.39 bits per heavy atom. The Bertz CT molecular complexity index is 510. The summed E-state index contributed by atoms with van der Waals surface area (Å²) in [5.41, 5.74) is 3.00. The van der Waals surface area contributed by atoms with E-state index in [0.29, 0.717) is 0 Å². The summed E-state index contributed by atoms with van der Waals surface area (Å²) in [5, 5.41) is 13.1. The quantitative estimate of drug-likeness (QED) is 0.872. The number of rotatable bonds is 4. The van der Waals surface area contributed by atoms with Gasteiger partial charge in [-0.2, -0.15) is 0 Å². The Labute approximate surface area is 112 Å². The molecule has 2 N–H and O–H groups in total. The third-order valence-electron chi connectivity index (χ3n) is 2.89. The fraction of sp³-hybridized carbons (Fsp3) is 0.200. The molecular weight excluding hydrogens is 246 g/mol.